The fourth-order valence-corrected chi connectivity index (χ4v) is 4.83. The third-order valence-electron chi connectivity index (χ3n) is 7.11. The van der Waals surface area contributed by atoms with Gasteiger partial charge >= 0.3 is 0 Å². The predicted molar refractivity (Wildman–Crippen MR) is 162 cm³/mol. The number of fused-ring (bicyclic) bond motifs is 1. The van der Waals surface area contributed by atoms with Gasteiger partial charge in [0.2, 0.25) is 0 Å². The van der Waals surface area contributed by atoms with E-state index >= 15 is 0 Å². The average Bonchev–Trinajstić information content (AvgIpc) is 3.25. The molecule has 214 valence electrons. The zero-order valence-corrected chi connectivity index (χ0v) is 25.0. The van der Waals surface area contributed by atoms with Crippen LogP contribution in [0.4, 0.5) is 5.69 Å². The molecule has 0 saturated heterocycles. The van der Waals surface area contributed by atoms with Crippen LogP contribution in [0.2, 0.25) is 0 Å². The van der Waals surface area contributed by atoms with Gasteiger partial charge in [-0.2, -0.15) is 0 Å². The molecule has 2 heterocycles. The average molecular weight is 546 g/mol. The number of nitrogens with one attached hydrogen (secondary N) is 1. The summed E-state index contributed by atoms with van der Waals surface area (Å²) in [6.07, 6.45) is 2.43. The van der Waals surface area contributed by atoms with Crippen LogP contribution in [0.3, 0.4) is 0 Å². The third kappa shape index (κ3) is 6.75. The molecule has 0 fully saturated rings. The summed E-state index contributed by atoms with van der Waals surface area (Å²) in [6.45, 7) is 9.22. The van der Waals surface area contributed by atoms with E-state index in [9.17, 15) is 5.11 Å². The Labute approximate surface area is 238 Å². The van der Waals surface area contributed by atoms with E-state index in [1.54, 1.807) is 19.5 Å². The molecule has 2 N–H and O–H groups in total. The molecule has 4 rings (SSSR count). The van der Waals surface area contributed by atoms with E-state index < -0.39 is 6.23 Å². The number of hydrogen-bond donors (Lipinski definition) is 2. The molecule has 0 spiro atoms. The molecule has 0 radical (unpaired) electrons. The Morgan fingerprint density at radius 3 is 2.40 bits per heavy atom. The highest BCUT2D eigenvalue weighted by molar-refractivity contribution is 5.87. The Bertz CT molecular complexity index is 1430. The van der Waals surface area contributed by atoms with Crippen molar-refractivity contribution < 1.29 is 14.6 Å². The molecule has 0 aliphatic carbocycles. The number of likely N-dealkylation sites (N-methyl/N-ethyl adjacent to an activating group) is 2. The Kier molecular flexibility index (Phi) is 9.03. The Balaban J connectivity index is 1.68. The number of methoxy groups -OCH3 is 1. The molecular weight excluding hydrogens is 502 g/mol. The summed E-state index contributed by atoms with van der Waals surface area (Å²) >= 11 is 0. The molecule has 8 nitrogen and oxygen atoms in total. The van der Waals surface area contributed by atoms with Gasteiger partial charge in [-0.05, 0) is 62.5 Å². The first-order valence-electron chi connectivity index (χ1n) is 13.6. The maximum absolute atomic E-state index is 11.5. The van der Waals surface area contributed by atoms with E-state index in [1.807, 2.05) is 48.0 Å². The van der Waals surface area contributed by atoms with Crippen LogP contribution in [-0.4, -0.2) is 65.8 Å². The van der Waals surface area contributed by atoms with E-state index in [2.05, 4.69) is 74.1 Å². The summed E-state index contributed by atoms with van der Waals surface area (Å²) in [5.41, 5.74) is 4.54. The number of rotatable bonds is 11. The minimum Gasteiger partial charge on any atom is -0.494 e. The van der Waals surface area contributed by atoms with Gasteiger partial charge in [0, 0.05) is 50.0 Å². The standard InChI is InChI=1S/C32H43N5O3/c1-32(2,3)24-18-23(21-36(6)17-16-35(4)5)30(39-8)26(20-24)34-31(38)27-19-22-10-9-11-28(29(22)37(27)7)40-25-12-14-33-15-13-25/h9-15,18-20,31,34,38H,16-17,21H2,1-8H3. The molecule has 0 aliphatic rings. The van der Waals surface area contributed by atoms with Crippen molar-refractivity contribution in [3.8, 4) is 17.2 Å². The first kappa shape index (κ1) is 29.4. The molecule has 1 unspecified atom stereocenters. The molecule has 0 bridgehead atoms. The quantitative estimate of drug-likeness (QED) is 0.232. The minimum absolute atomic E-state index is 0.0799. The van der Waals surface area contributed by atoms with Gasteiger partial charge in [0.1, 0.15) is 11.5 Å². The molecule has 8 heteroatoms. The number of benzene rings is 2. The summed E-state index contributed by atoms with van der Waals surface area (Å²) in [6, 6.07) is 15.9. The van der Waals surface area contributed by atoms with Crippen molar-refractivity contribution in [1.29, 1.82) is 0 Å². The maximum atomic E-state index is 11.5. The van der Waals surface area contributed by atoms with Gasteiger partial charge in [0.05, 0.1) is 24.0 Å². The Morgan fingerprint density at radius 2 is 1.75 bits per heavy atom. The fraction of sp³-hybridized carbons (Fsp3) is 0.406. The third-order valence-corrected chi connectivity index (χ3v) is 7.11. The number of para-hydroxylation sites is 1. The molecule has 0 aliphatic heterocycles. The first-order valence-corrected chi connectivity index (χ1v) is 13.6. The number of aliphatic hydroxyl groups is 1. The number of aromatic nitrogens is 2. The van der Waals surface area contributed by atoms with E-state index in [0.717, 1.165) is 47.5 Å². The van der Waals surface area contributed by atoms with Crippen LogP contribution >= 0.6 is 0 Å². The monoisotopic (exact) mass is 545 g/mol. The Hall–Kier alpha value is -3.59. The van der Waals surface area contributed by atoms with Crippen molar-refractivity contribution in [3.05, 3.63) is 77.7 Å². The molecule has 0 saturated carbocycles. The van der Waals surface area contributed by atoms with E-state index in [0.29, 0.717) is 17.2 Å². The summed E-state index contributed by atoms with van der Waals surface area (Å²) in [4.78, 5) is 8.54. The van der Waals surface area contributed by atoms with Crippen molar-refractivity contribution in [3.63, 3.8) is 0 Å². The number of anilines is 1. The number of aliphatic hydroxyl groups excluding tert-OH is 1. The smallest absolute Gasteiger partial charge is 0.166 e. The van der Waals surface area contributed by atoms with Crippen molar-refractivity contribution in [2.75, 3.05) is 46.7 Å². The molecule has 2 aromatic carbocycles. The van der Waals surface area contributed by atoms with E-state index in [-0.39, 0.29) is 5.41 Å². The zero-order chi connectivity index (χ0) is 29.0. The van der Waals surface area contributed by atoms with Gasteiger partial charge in [-0.3, -0.25) is 4.98 Å². The molecule has 40 heavy (non-hydrogen) atoms. The number of pyridine rings is 1. The van der Waals surface area contributed by atoms with Gasteiger partial charge in [0.15, 0.2) is 12.0 Å². The lowest BCUT2D eigenvalue weighted by molar-refractivity contribution is 0.199. The van der Waals surface area contributed by atoms with Crippen LogP contribution in [-0.2, 0) is 19.0 Å². The number of ether oxygens (including phenoxy) is 2. The molecule has 1 atom stereocenters. The van der Waals surface area contributed by atoms with Crippen LogP contribution in [0.15, 0.2) is 60.9 Å². The topological polar surface area (TPSA) is 75.0 Å². The normalized spacial score (nSPS) is 12.8. The van der Waals surface area contributed by atoms with Crippen LogP contribution < -0.4 is 14.8 Å². The molecule has 2 aromatic heterocycles. The van der Waals surface area contributed by atoms with Gasteiger partial charge in [0.25, 0.3) is 0 Å². The number of nitrogens with zero attached hydrogens (tertiary/aromatic N) is 4. The largest absolute Gasteiger partial charge is 0.494 e. The highest BCUT2D eigenvalue weighted by atomic mass is 16.5. The Morgan fingerprint density at radius 1 is 1.02 bits per heavy atom. The summed E-state index contributed by atoms with van der Waals surface area (Å²) in [5, 5.41) is 15.9. The molecule has 4 aromatic rings. The van der Waals surface area contributed by atoms with Crippen molar-refractivity contribution >= 4 is 16.6 Å². The molecule has 0 amide bonds. The van der Waals surface area contributed by atoms with Gasteiger partial charge in [-0.1, -0.05) is 39.0 Å². The van der Waals surface area contributed by atoms with E-state index in [1.165, 1.54) is 5.56 Å². The predicted octanol–water partition coefficient (Wildman–Crippen LogP) is 5.77. The van der Waals surface area contributed by atoms with Crippen LogP contribution in [0.25, 0.3) is 10.9 Å². The lowest BCUT2D eigenvalue weighted by atomic mass is 9.85. The lowest BCUT2D eigenvalue weighted by Gasteiger charge is -2.27. The summed E-state index contributed by atoms with van der Waals surface area (Å²) in [5.74, 6) is 2.15. The van der Waals surface area contributed by atoms with Crippen molar-refractivity contribution in [2.45, 2.75) is 39.0 Å². The van der Waals surface area contributed by atoms with E-state index in [4.69, 9.17) is 9.47 Å². The van der Waals surface area contributed by atoms with Crippen LogP contribution in [0, 0.1) is 0 Å². The summed E-state index contributed by atoms with van der Waals surface area (Å²) < 4.78 is 14.1. The fourth-order valence-electron chi connectivity index (χ4n) is 4.83. The van der Waals surface area contributed by atoms with Crippen molar-refractivity contribution in [2.24, 2.45) is 7.05 Å². The highest BCUT2D eigenvalue weighted by Crippen LogP contribution is 2.39. The van der Waals surface area contributed by atoms with Crippen molar-refractivity contribution in [1.82, 2.24) is 19.4 Å². The van der Waals surface area contributed by atoms with Gasteiger partial charge < -0.3 is 34.3 Å². The molecular formula is C32H43N5O3. The van der Waals surface area contributed by atoms with Gasteiger partial charge in [-0.15, -0.1) is 0 Å². The maximum Gasteiger partial charge on any atom is 0.166 e. The minimum atomic E-state index is -0.977. The second-order valence-corrected chi connectivity index (χ2v) is 11.7. The number of aryl methyl sites for hydroxylation is 1. The summed E-state index contributed by atoms with van der Waals surface area (Å²) in [7, 11) is 9.91. The lowest BCUT2D eigenvalue weighted by Crippen LogP contribution is -2.28. The SMILES string of the molecule is COc1c(CN(C)CCN(C)C)cc(C(C)(C)C)cc1NC(O)c1cc2cccc(Oc3ccncc3)c2n1C. The number of hydrogen-bond acceptors (Lipinski definition) is 7. The zero-order valence-electron chi connectivity index (χ0n) is 25.0. The van der Waals surface area contributed by atoms with Gasteiger partial charge in [-0.25, -0.2) is 0 Å². The second kappa shape index (κ2) is 12.3. The van der Waals surface area contributed by atoms with Crippen LogP contribution in [0.5, 0.6) is 17.2 Å². The second-order valence-electron chi connectivity index (χ2n) is 11.7. The van der Waals surface area contributed by atoms with Crippen LogP contribution in [0.1, 0.15) is 43.8 Å². The highest BCUT2D eigenvalue weighted by Gasteiger charge is 2.23. The first-order chi connectivity index (χ1) is 19.0.